The summed E-state index contributed by atoms with van der Waals surface area (Å²) in [5, 5.41) is 0. The van der Waals surface area contributed by atoms with Gasteiger partial charge < -0.3 is 18.9 Å². The molecular weight excluding hydrogens is 456 g/mol. The third-order valence-corrected chi connectivity index (χ3v) is 6.34. The quantitative estimate of drug-likeness (QED) is 0.239. The van der Waals surface area contributed by atoms with E-state index in [2.05, 4.69) is 6.92 Å². The van der Waals surface area contributed by atoms with E-state index in [-0.39, 0.29) is 5.92 Å². The number of carbonyl (C=O) groups excluding carboxylic acids is 2. The predicted octanol–water partition coefficient (Wildman–Crippen LogP) is 6.27. The molecule has 6 heteroatoms. The Hall–Kier alpha value is -4.58. The minimum absolute atomic E-state index is 0.0364. The summed E-state index contributed by atoms with van der Waals surface area (Å²) in [6.45, 7) is 2.08. The molecule has 0 atom stereocenters. The SMILES string of the molecule is COc1ccc(C(=O)Oc2ccc3c(c2)C(C)c2cc(OC(=O)c4ccc(OC)cc4)ccc2-3)cc1. The average Bonchev–Trinajstić information content (AvgIpc) is 3.19. The Balaban J connectivity index is 1.33. The molecule has 1 aliphatic rings. The van der Waals surface area contributed by atoms with Crippen LogP contribution >= 0.6 is 0 Å². The molecule has 5 rings (SSSR count). The van der Waals surface area contributed by atoms with Crippen LogP contribution in [-0.4, -0.2) is 26.2 Å². The fourth-order valence-corrected chi connectivity index (χ4v) is 4.37. The Morgan fingerprint density at radius 1 is 0.556 bits per heavy atom. The summed E-state index contributed by atoms with van der Waals surface area (Å²) in [6, 6.07) is 24.8. The van der Waals surface area contributed by atoms with Crippen molar-refractivity contribution >= 4 is 11.9 Å². The van der Waals surface area contributed by atoms with Crippen LogP contribution in [0.15, 0.2) is 84.9 Å². The van der Waals surface area contributed by atoms with Crippen molar-refractivity contribution in [1.82, 2.24) is 0 Å². The lowest BCUT2D eigenvalue weighted by atomic mass is 9.99. The van der Waals surface area contributed by atoms with Gasteiger partial charge in [-0.3, -0.25) is 0 Å². The minimum atomic E-state index is -0.437. The standard InChI is InChI=1S/C30H24O6/c1-18-27-16-23(35-29(31)19-4-8-21(33-2)9-5-19)12-14-25(27)26-15-13-24(17-28(18)26)36-30(32)20-6-10-22(34-3)11-7-20/h4-18H,1-3H3. The zero-order valence-corrected chi connectivity index (χ0v) is 20.1. The van der Waals surface area contributed by atoms with Crippen LogP contribution in [-0.2, 0) is 0 Å². The van der Waals surface area contributed by atoms with E-state index >= 15 is 0 Å². The highest BCUT2D eigenvalue weighted by atomic mass is 16.5. The number of esters is 2. The summed E-state index contributed by atoms with van der Waals surface area (Å²) in [5.41, 5.74) is 5.10. The van der Waals surface area contributed by atoms with Gasteiger partial charge in [0.1, 0.15) is 23.0 Å². The lowest BCUT2D eigenvalue weighted by Gasteiger charge is -2.10. The number of hydrogen-bond donors (Lipinski definition) is 0. The van der Waals surface area contributed by atoms with Crippen LogP contribution in [0, 0.1) is 0 Å². The number of ether oxygens (including phenoxy) is 4. The minimum Gasteiger partial charge on any atom is -0.497 e. The summed E-state index contributed by atoms with van der Waals surface area (Å²) in [4.78, 5) is 25.2. The maximum atomic E-state index is 12.6. The number of methoxy groups -OCH3 is 2. The molecule has 0 radical (unpaired) electrons. The first-order valence-electron chi connectivity index (χ1n) is 11.5. The van der Waals surface area contributed by atoms with E-state index in [1.165, 1.54) is 0 Å². The van der Waals surface area contributed by atoms with Gasteiger partial charge in [0.05, 0.1) is 25.3 Å². The number of carbonyl (C=O) groups is 2. The molecule has 0 aliphatic heterocycles. The summed E-state index contributed by atoms with van der Waals surface area (Å²) in [6.07, 6.45) is 0. The van der Waals surface area contributed by atoms with Gasteiger partial charge in [-0.25, -0.2) is 9.59 Å². The van der Waals surface area contributed by atoms with Gasteiger partial charge in [-0.2, -0.15) is 0 Å². The van der Waals surface area contributed by atoms with Gasteiger partial charge in [0.2, 0.25) is 0 Å². The predicted molar refractivity (Wildman–Crippen MR) is 135 cm³/mol. The molecule has 0 N–H and O–H groups in total. The Morgan fingerprint density at radius 3 is 1.28 bits per heavy atom. The second kappa shape index (κ2) is 9.58. The zero-order valence-electron chi connectivity index (χ0n) is 20.1. The van der Waals surface area contributed by atoms with Crippen LogP contribution in [0.5, 0.6) is 23.0 Å². The molecule has 4 aromatic rings. The maximum Gasteiger partial charge on any atom is 0.343 e. The van der Waals surface area contributed by atoms with E-state index in [1.54, 1.807) is 74.9 Å². The van der Waals surface area contributed by atoms with Gasteiger partial charge in [0.15, 0.2) is 0 Å². The number of benzene rings is 4. The smallest absolute Gasteiger partial charge is 0.343 e. The molecule has 0 amide bonds. The second-order valence-corrected chi connectivity index (χ2v) is 8.46. The van der Waals surface area contributed by atoms with Crippen molar-refractivity contribution in [3.8, 4) is 34.1 Å². The molecule has 0 fully saturated rings. The Morgan fingerprint density at radius 2 is 0.917 bits per heavy atom. The van der Waals surface area contributed by atoms with E-state index in [4.69, 9.17) is 18.9 Å². The lowest BCUT2D eigenvalue weighted by molar-refractivity contribution is 0.0725. The molecule has 180 valence electrons. The van der Waals surface area contributed by atoms with E-state index in [0.717, 1.165) is 22.3 Å². The first kappa shape index (κ1) is 23.2. The first-order valence-corrected chi connectivity index (χ1v) is 11.5. The van der Waals surface area contributed by atoms with Crippen LogP contribution in [0.1, 0.15) is 44.7 Å². The molecule has 1 aliphatic carbocycles. The van der Waals surface area contributed by atoms with E-state index in [1.807, 2.05) is 24.3 Å². The van der Waals surface area contributed by atoms with Crippen molar-refractivity contribution in [2.24, 2.45) is 0 Å². The molecule has 0 aromatic heterocycles. The van der Waals surface area contributed by atoms with Gasteiger partial charge in [-0.1, -0.05) is 19.1 Å². The third kappa shape index (κ3) is 4.41. The topological polar surface area (TPSA) is 71.1 Å². The molecule has 0 saturated carbocycles. The summed E-state index contributed by atoms with van der Waals surface area (Å²) in [7, 11) is 3.15. The van der Waals surface area contributed by atoms with Crippen molar-refractivity contribution in [2.75, 3.05) is 14.2 Å². The fraction of sp³-hybridized carbons (Fsp3) is 0.133. The Kier molecular flexibility index (Phi) is 6.17. The normalized spacial score (nSPS) is 11.9. The molecule has 4 aromatic carbocycles. The highest BCUT2D eigenvalue weighted by Gasteiger charge is 2.27. The second-order valence-electron chi connectivity index (χ2n) is 8.46. The van der Waals surface area contributed by atoms with E-state index in [9.17, 15) is 9.59 Å². The first-order chi connectivity index (χ1) is 17.5. The summed E-state index contributed by atoms with van der Waals surface area (Å²) < 4.78 is 21.5. The molecule has 0 bridgehead atoms. The maximum absolute atomic E-state index is 12.6. The van der Waals surface area contributed by atoms with Gasteiger partial charge >= 0.3 is 11.9 Å². The highest BCUT2D eigenvalue weighted by molar-refractivity contribution is 5.92. The van der Waals surface area contributed by atoms with Crippen molar-refractivity contribution in [1.29, 1.82) is 0 Å². The van der Waals surface area contributed by atoms with E-state index in [0.29, 0.717) is 34.1 Å². The number of hydrogen-bond acceptors (Lipinski definition) is 6. The molecule has 36 heavy (non-hydrogen) atoms. The van der Waals surface area contributed by atoms with Crippen LogP contribution < -0.4 is 18.9 Å². The van der Waals surface area contributed by atoms with E-state index < -0.39 is 11.9 Å². The third-order valence-electron chi connectivity index (χ3n) is 6.34. The molecule has 0 unspecified atom stereocenters. The molecule has 0 spiro atoms. The van der Waals surface area contributed by atoms with Crippen LogP contribution in [0.4, 0.5) is 0 Å². The molecule has 6 nitrogen and oxygen atoms in total. The number of rotatable bonds is 6. The average molecular weight is 481 g/mol. The summed E-state index contributed by atoms with van der Waals surface area (Å²) >= 11 is 0. The monoisotopic (exact) mass is 480 g/mol. The molecule has 0 saturated heterocycles. The number of fused-ring (bicyclic) bond motifs is 3. The van der Waals surface area contributed by atoms with Crippen molar-refractivity contribution in [2.45, 2.75) is 12.8 Å². The van der Waals surface area contributed by atoms with Gasteiger partial charge in [0, 0.05) is 5.92 Å². The lowest BCUT2D eigenvalue weighted by Crippen LogP contribution is -2.08. The molecular formula is C30H24O6. The van der Waals surface area contributed by atoms with Crippen LogP contribution in [0.3, 0.4) is 0 Å². The Labute approximate surface area is 209 Å². The van der Waals surface area contributed by atoms with Crippen molar-refractivity contribution in [3.63, 3.8) is 0 Å². The van der Waals surface area contributed by atoms with Gasteiger partial charge in [-0.15, -0.1) is 0 Å². The largest absolute Gasteiger partial charge is 0.497 e. The summed E-state index contributed by atoms with van der Waals surface area (Å²) in [5.74, 6) is 1.45. The molecule has 0 heterocycles. The van der Waals surface area contributed by atoms with Crippen molar-refractivity contribution < 1.29 is 28.5 Å². The van der Waals surface area contributed by atoms with Crippen LogP contribution in [0.2, 0.25) is 0 Å². The fourth-order valence-electron chi connectivity index (χ4n) is 4.37. The Bertz CT molecular complexity index is 1330. The van der Waals surface area contributed by atoms with Crippen molar-refractivity contribution in [3.05, 3.63) is 107 Å². The highest BCUT2D eigenvalue weighted by Crippen LogP contribution is 2.47. The zero-order chi connectivity index (χ0) is 25.2. The van der Waals surface area contributed by atoms with Gasteiger partial charge in [-0.05, 0) is 95.1 Å². The van der Waals surface area contributed by atoms with Crippen LogP contribution in [0.25, 0.3) is 11.1 Å². The van der Waals surface area contributed by atoms with Gasteiger partial charge in [0.25, 0.3) is 0 Å².